The van der Waals surface area contributed by atoms with Crippen LogP contribution in [-0.2, 0) is 19.4 Å². The summed E-state index contributed by atoms with van der Waals surface area (Å²) in [7, 11) is -1.56. The Bertz CT molecular complexity index is 401. The second-order valence-corrected chi connectivity index (χ2v) is 6.72. The van der Waals surface area contributed by atoms with E-state index in [2.05, 4.69) is 15.0 Å². The number of nitrogens with one attached hydrogen (secondary N) is 1. The molecule has 0 aromatic rings. The van der Waals surface area contributed by atoms with E-state index >= 15 is 0 Å². The highest BCUT2D eigenvalue weighted by molar-refractivity contribution is 7.91. The maximum atomic E-state index is 11.6. The van der Waals surface area contributed by atoms with Crippen LogP contribution in [0.15, 0.2) is 0 Å². The molecule has 2 fully saturated rings. The Morgan fingerprint density at radius 1 is 1.44 bits per heavy atom. The average molecular weight is 299 g/mol. The summed E-state index contributed by atoms with van der Waals surface area (Å²) in [6.07, 6.45) is 0.319. The van der Waals surface area contributed by atoms with Gasteiger partial charge in [0, 0.05) is 31.7 Å². The molecule has 0 saturated carbocycles. The normalized spacial score (nSPS) is 30.3. The molecule has 6 nitrogen and oxygen atoms in total. The van der Waals surface area contributed by atoms with E-state index in [1.807, 2.05) is 0 Å². The maximum absolute atomic E-state index is 11.6. The Kier molecular flexibility index (Phi) is 5.39. The fourth-order valence-corrected chi connectivity index (χ4v) is 4.54. The highest BCUT2D eigenvalue weighted by atomic mass is 35.5. The molecule has 1 N–H and O–H groups in total. The summed E-state index contributed by atoms with van der Waals surface area (Å²) in [6.45, 7) is 2.14. The van der Waals surface area contributed by atoms with Crippen LogP contribution in [0.1, 0.15) is 6.42 Å². The molecule has 8 heteroatoms. The summed E-state index contributed by atoms with van der Waals surface area (Å²) in [4.78, 5) is 13.2. The molecular weight excluding hydrogens is 280 g/mol. The summed E-state index contributed by atoms with van der Waals surface area (Å²) in [6, 6.07) is 0.0322. The Hall–Kier alpha value is -0.370. The number of sulfone groups is 1. The van der Waals surface area contributed by atoms with E-state index in [0.717, 1.165) is 13.1 Å². The monoisotopic (exact) mass is 298 g/mol. The smallest absolute Gasteiger partial charge is 0.306 e. The van der Waals surface area contributed by atoms with Crippen LogP contribution in [0.5, 0.6) is 0 Å². The quantitative estimate of drug-likeness (QED) is 0.677. The van der Waals surface area contributed by atoms with Crippen molar-refractivity contribution in [2.45, 2.75) is 18.5 Å². The van der Waals surface area contributed by atoms with Gasteiger partial charge in [0.15, 0.2) is 9.84 Å². The second kappa shape index (κ2) is 6.18. The molecule has 2 heterocycles. The van der Waals surface area contributed by atoms with Crippen LogP contribution >= 0.6 is 12.4 Å². The first-order valence-corrected chi connectivity index (χ1v) is 7.58. The molecule has 0 amide bonds. The van der Waals surface area contributed by atoms with Crippen LogP contribution in [0.4, 0.5) is 0 Å². The van der Waals surface area contributed by atoms with Gasteiger partial charge in [0.2, 0.25) is 0 Å². The third kappa shape index (κ3) is 3.57. The summed E-state index contributed by atoms with van der Waals surface area (Å²) >= 11 is 0. The Morgan fingerprint density at radius 3 is 2.83 bits per heavy atom. The number of carbonyl (C=O) groups excluding carboxylic acids is 1. The number of rotatable bonds is 3. The summed E-state index contributed by atoms with van der Waals surface area (Å²) in [5.41, 5.74) is 0. The number of hydrogen-bond donors (Lipinski definition) is 1. The minimum atomic E-state index is -2.93. The van der Waals surface area contributed by atoms with E-state index in [0.29, 0.717) is 13.0 Å². The maximum Gasteiger partial charge on any atom is 0.306 e. The van der Waals surface area contributed by atoms with E-state index in [1.165, 1.54) is 7.11 Å². The number of piperazine rings is 1. The Morgan fingerprint density at radius 2 is 2.17 bits per heavy atom. The van der Waals surface area contributed by atoms with E-state index in [4.69, 9.17) is 0 Å². The molecule has 0 radical (unpaired) electrons. The van der Waals surface area contributed by atoms with Crippen molar-refractivity contribution in [3.05, 3.63) is 0 Å². The van der Waals surface area contributed by atoms with Crippen molar-refractivity contribution >= 4 is 28.2 Å². The molecule has 0 aromatic heterocycles. The van der Waals surface area contributed by atoms with E-state index < -0.39 is 9.84 Å². The third-order valence-electron chi connectivity index (χ3n) is 3.43. The number of methoxy groups -OCH3 is 1. The second-order valence-electron chi connectivity index (χ2n) is 4.57. The number of esters is 1. The zero-order chi connectivity index (χ0) is 12.5. The minimum Gasteiger partial charge on any atom is -0.469 e. The summed E-state index contributed by atoms with van der Waals surface area (Å²) < 4.78 is 27.8. The molecule has 2 atom stereocenters. The lowest BCUT2D eigenvalue weighted by atomic mass is 10.1. The first kappa shape index (κ1) is 15.7. The number of nitrogens with zero attached hydrogens (tertiary/aromatic N) is 1. The Labute approximate surface area is 113 Å². The molecule has 18 heavy (non-hydrogen) atoms. The van der Waals surface area contributed by atoms with Crippen molar-refractivity contribution in [3.63, 3.8) is 0 Å². The topological polar surface area (TPSA) is 75.7 Å². The predicted octanol–water partition coefficient (Wildman–Crippen LogP) is -0.958. The van der Waals surface area contributed by atoms with Gasteiger partial charge in [-0.1, -0.05) is 0 Å². The number of carbonyl (C=O) groups is 1. The largest absolute Gasteiger partial charge is 0.469 e. The molecule has 0 spiro atoms. The first-order valence-electron chi connectivity index (χ1n) is 5.76. The van der Waals surface area contributed by atoms with Crippen LogP contribution in [0, 0.1) is 0 Å². The Balaban J connectivity index is 0.00000162. The van der Waals surface area contributed by atoms with Crippen LogP contribution in [0.25, 0.3) is 0 Å². The molecule has 2 aliphatic rings. The van der Waals surface area contributed by atoms with Gasteiger partial charge in [-0.3, -0.25) is 9.69 Å². The molecule has 0 aliphatic carbocycles. The molecule has 2 rings (SSSR count). The summed E-state index contributed by atoms with van der Waals surface area (Å²) in [5.74, 6) is 0.166. The minimum absolute atomic E-state index is 0. The van der Waals surface area contributed by atoms with E-state index in [9.17, 15) is 13.2 Å². The van der Waals surface area contributed by atoms with Gasteiger partial charge >= 0.3 is 5.97 Å². The van der Waals surface area contributed by atoms with Gasteiger partial charge in [-0.15, -0.1) is 12.4 Å². The van der Waals surface area contributed by atoms with Crippen molar-refractivity contribution in [2.75, 3.05) is 38.2 Å². The van der Waals surface area contributed by atoms with Gasteiger partial charge < -0.3 is 10.1 Å². The highest BCUT2D eigenvalue weighted by Crippen LogP contribution is 2.21. The van der Waals surface area contributed by atoms with Gasteiger partial charge in [-0.05, 0) is 0 Å². The standard InChI is InChI=1S/C10H18N2O4S.ClH/c1-16-10(13)2-4-12-5-3-11-8-6-17(14,15)7-9(8)12;/h8-9,11H,2-7H2,1H3;1H/t8-,9+;/m0./s1. The van der Waals surface area contributed by atoms with Crippen molar-refractivity contribution in [2.24, 2.45) is 0 Å². The molecule has 2 aliphatic heterocycles. The van der Waals surface area contributed by atoms with Crippen molar-refractivity contribution in [1.29, 1.82) is 0 Å². The van der Waals surface area contributed by atoms with Gasteiger partial charge in [-0.2, -0.15) is 0 Å². The zero-order valence-corrected chi connectivity index (χ0v) is 11.9. The van der Waals surface area contributed by atoms with Crippen LogP contribution in [-0.4, -0.2) is 69.6 Å². The SMILES string of the molecule is COC(=O)CCN1CCN[C@H]2CS(=O)(=O)C[C@H]21.Cl. The van der Waals surface area contributed by atoms with Gasteiger partial charge in [-0.25, -0.2) is 8.42 Å². The molecule has 0 unspecified atom stereocenters. The fraction of sp³-hybridized carbons (Fsp3) is 0.900. The number of hydrogen-bond acceptors (Lipinski definition) is 6. The van der Waals surface area contributed by atoms with E-state index in [1.54, 1.807) is 0 Å². The fourth-order valence-electron chi connectivity index (χ4n) is 2.56. The molecule has 0 aromatic carbocycles. The zero-order valence-electron chi connectivity index (χ0n) is 10.3. The lowest BCUT2D eigenvalue weighted by Crippen LogP contribution is -2.57. The predicted molar refractivity (Wildman–Crippen MR) is 69.7 cm³/mol. The highest BCUT2D eigenvalue weighted by Gasteiger charge is 2.42. The van der Waals surface area contributed by atoms with Crippen molar-refractivity contribution in [3.8, 4) is 0 Å². The van der Waals surface area contributed by atoms with Crippen LogP contribution in [0.3, 0.4) is 0 Å². The van der Waals surface area contributed by atoms with Gasteiger partial charge in [0.05, 0.1) is 25.0 Å². The average Bonchev–Trinajstić information content (AvgIpc) is 2.60. The molecule has 0 bridgehead atoms. The summed E-state index contributed by atoms with van der Waals surface area (Å²) in [5, 5.41) is 3.23. The first-order chi connectivity index (χ1) is 8.02. The van der Waals surface area contributed by atoms with Gasteiger partial charge in [0.25, 0.3) is 0 Å². The van der Waals surface area contributed by atoms with Gasteiger partial charge in [0.1, 0.15) is 0 Å². The third-order valence-corrected chi connectivity index (χ3v) is 5.14. The van der Waals surface area contributed by atoms with Crippen molar-refractivity contribution < 1.29 is 17.9 Å². The van der Waals surface area contributed by atoms with Crippen LogP contribution in [0.2, 0.25) is 0 Å². The molecule has 106 valence electrons. The van der Waals surface area contributed by atoms with Crippen molar-refractivity contribution in [1.82, 2.24) is 10.2 Å². The van der Waals surface area contributed by atoms with Crippen LogP contribution < -0.4 is 5.32 Å². The number of halogens is 1. The lowest BCUT2D eigenvalue weighted by molar-refractivity contribution is -0.141. The number of ether oxygens (including phenoxy) is 1. The number of fused-ring (bicyclic) bond motifs is 1. The molecule has 2 saturated heterocycles. The van der Waals surface area contributed by atoms with E-state index in [-0.39, 0.29) is 42.0 Å². The molecular formula is C10H19ClN2O4S. The lowest BCUT2D eigenvalue weighted by Gasteiger charge is -2.37.